The van der Waals surface area contributed by atoms with Crippen LogP contribution in [0.5, 0.6) is 0 Å². The van der Waals surface area contributed by atoms with Gasteiger partial charge in [-0.25, -0.2) is 0 Å². The highest BCUT2D eigenvalue weighted by atomic mass is 127. The molecule has 0 aliphatic carbocycles. The zero-order valence-electron chi connectivity index (χ0n) is 8.47. The normalized spacial score (nSPS) is 9.07. The lowest BCUT2D eigenvalue weighted by Gasteiger charge is -2.04. The second-order valence-corrected chi connectivity index (χ2v) is 4.34. The second kappa shape index (κ2) is 5.18. The van der Waals surface area contributed by atoms with Gasteiger partial charge in [-0.3, -0.25) is 0 Å². The van der Waals surface area contributed by atoms with E-state index >= 15 is 0 Å². The number of allylic oxidation sites excluding steroid dienone is 2. The number of hydrogen-bond donors (Lipinski definition) is 0. The minimum Gasteiger partial charge on any atom is -0.117 e. The fourth-order valence-corrected chi connectivity index (χ4v) is 1.78. The predicted molar refractivity (Wildman–Crippen MR) is 71.1 cm³/mol. The fourth-order valence-electron chi connectivity index (χ4n) is 1.24. The standard InChI is InChI=1S/C13H13I/c1-4-6-13(10(2)3)11-7-5-8-12(14)9-11/h4-5,7-9H,2H2,1,3H3. The summed E-state index contributed by atoms with van der Waals surface area (Å²) in [5.41, 5.74) is 6.53. The molecule has 14 heavy (non-hydrogen) atoms. The summed E-state index contributed by atoms with van der Waals surface area (Å²) in [5.74, 6) is 0. The summed E-state index contributed by atoms with van der Waals surface area (Å²) >= 11 is 2.31. The molecule has 0 heterocycles. The van der Waals surface area contributed by atoms with Gasteiger partial charge in [0, 0.05) is 9.14 Å². The first kappa shape index (κ1) is 11.3. The third-order valence-corrected chi connectivity index (χ3v) is 2.50. The molecule has 0 bridgehead atoms. The quantitative estimate of drug-likeness (QED) is 0.430. The Morgan fingerprint density at radius 3 is 2.71 bits per heavy atom. The molecule has 0 N–H and O–H groups in total. The minimum atomic E-state index is 1.05. The van der Waals surface area contributed by atoms with Crippen LogP contribution in [0.15, 0.2) is 48.2 Å². The van der Waals surface area contributed by atoms with Gasteiger partial charge in [0.1, 0.15) is 0 Å². The average molecular weight is 296 g/mol. The van der Waals surface area contributed by atoms with Crippen LogP contribution < -0.4 is 0 Å². The van der Waals surface area contributed by atoms with Crippen molar-refractivity contribution in [2.75, 3.05) is 0 Å². The van der Waals surface area contributed by atoms with Crippen LogP contribution in [0.2, 0.25) is 0 Å². The first-order valence-corrected chi connectivity index (χ1v) is 5.56. The zero-order valence-corrected chi connectivity index (χ0v) is 10.6. The highest BCUT2D eigenvalue weighted by Crippen LogP contribution is 2.21. The van der Waals surface area contributed by atoms with Gasteiger partial charge in [-0.1, -0.05) is 18.7 Å². The molecular weight excluding hydrogens is 283 g/mol. The van der Waals surface area contributed by atoms with Gasteiger partial charge in [-0.05, 0) is 65.8 Å². The molecule has 0 nitrogen and oxygen atoms in total. The second-order valence-electron chi connectivity index (χ2n) is 3.10. The van der Waals surface area contributed by atoms with Gasteiger partial charge >= 0.3 is 0 Å². The molecular formula is C13H13I. The van der Waals surface area contributed by atoms with E-state index in [9.17, 15) is 0 Å². The van der Waals surface area contributed by atoms with E-state index in [1.165, 1.54) is 9.13 Å². The maximum Gasteiger partial charge on any atom is 0.0257 e. The molecule has 0 fully saturated rings. The van der Waals surface area contributed by atoms with Crippen molar-refractivity contribution in [1.29, 1.82) is 0 Å². The van der Waals surface area contributed by atoms with Crippen LogP contribution >= 0.6 is 22.6 Å². The smallest absolute Gasteiger partial charge is 0.0257 e. The molecule has 0 aliphatic rings. The number of rotatable bonds is 2. The van der Waals surface area contributed by atoms with E-state index in [4.69, 9.17) is 0 Å². The third-order valence-electron chi connectivity index (χ3n) is 1.83. The molecule has 72 valence electrons. The molecule has 1 aromatic rings. The van der Waals surface area contributed by atoms with Crippen LogP contribution in [0.25, 0.3) is 5.57 Å². The molecule has 0 atom stereocenters. The largest absolute Gasteiger partial charge is 0.117 e. The Bertz CT molecular complexity index is 407. The molecule has 0 saturated heterocycles. The van der Waals surface area contributed by atoms with Crippen molar-refractivity contribution < 1.29 is 0 Å². The summed E-state index contributed by atoms with van der Waals surface area (Å²) in [7, 11) is 0. The highest BCUT2D eigenvalue weighted by Gasteiger charge is 2.01. The van der Waals surface area contributed by atoms with Crippen LogP contribution in [0, 0.1) is 3.57 Å². The van der Waals surface area contributed by atoms with Crippen molar-refractivity contribution in [3.8, 4) is 0 Å². The van der Waals surface area contributed by atoms with Crippen molar-refractivity contribution in [3.63, 3.8) is 0 Å². The first-order valence-electron chi connectivity index (χ1n) is 4.48. The summed E-state index contributed by atoms with van der Waals surface area (Å²) in [6, 6.07) is 8.36. The third kappa shape index (κ3) is 2.86. The Balaban J connectivity index is 3.27. The predicted octanol–water partition coefficient (Wildman–Crippen LogP) is 4.43. The lowest BCUT2D eigenvalue weighted by Crippen LogP contribution is -1.84. The van der Waals surface area contributed by atoms with Gasteiger partial charge < -0.3 is 0 Å². The molecule has 1 aromatic carbocycles. The summed E-state index contributed by atoms with van der Waals surface area (Å²) in [6.07, 6.45) is 1.92. The molecule has 0 spiro atoms. The van der Waals surface area contributed by atoms with Crippen molar-refractivity contribution in [2.45, 2.75) is 13.8 Å². The topological polar surface area (TPSA) is 0 Å². The lowest BCUT2D eigenvalue weighted by molar-refractivity contribution is 1.50. The Kier molecular flexibility index (Phi) is 4.18. The Labute approximate surface area is 99.2 Å². The summed E-state index contributed by atoms with van der Waals surface area (Å²) in [4.78, 5) is 0. The van der Waals surface area contributed by atoms with E-state index in [0.29, 0.717) is 0 Å². The Morgan fingerprint density at radius 1 is 1.50 bits per heavy atom. The van der Waals surface area contributed by atoms with Crippen molar-refractivity contribution in [2.24, 2.45) is 0 Å². The number of hydrogen-bond acceptors (Lipinski definition) is 0. The molecule has 0 unspecified atom stereocenters. The van der Waals surface area contributed by atoms with E-state index < -0.39 is 0 Å². The van der Waals surface area contributed by atoms with Crippen LogP contribution in [0.3, 0.4) is 0 Å². The molecule has 1 heteroatoms. The van der Waals surface area contributed by atoms with Crippen LogP contribution in [0.4, 0.5) is 0 Å². The molecule has 0 saturated carbocycles. The Morgan fingerprint density at radius 2 is 2.21 bits per heavy atom. The van der Waals surface area contributed by atoms with Gasteiger partial charge in [-0.2, -0.15) is 0 Å². The molecule has 0 aliphatic heterocycles. The van der Waals surface area contributed by atoms with Crippen LogP contribution in [-0.4, -0.2) is 0 Å². The summed E-state index contributed by atoms with van der Waals surface area (Å²) in [5, 5.41) is 0. The molecule has 0 amide bonds. The van der Waals surface area contributed by atoms with Crippen molar-refractivity contribution in [1.82, 2.24) is 0 Å². The summed E-state index contributed by atoms with van der Waals surface area (Å²) in [6.45, 7) is 7.93. The van der Waals surface area contributed by atoms with Gasteiger partial charge in [0.05, 0.1) is 0 Å². The molecule has 0 radical (unpaired) electrons. The van der Waals surface area contributed by atoms with E-state index in [2.05, 4.69) is 59.2 Å². The molecule has 0 aromatic heterocycles. The minimum absolute atomic E-state index is 1.05. The van der Waals surface area contributed by atoms with E-state index in [-0.39, 0.29) is 0 Å². The SMILES string of the molecule is C=C(C)C(=C=CC)c1cccc(I)c1. The lowest BCUT2D eigenvalue weighted by atomic mass is 10.0. The van der Waals surface area contributed by atoms with E-state index in [0.717, 1.165) is 11.1 Å². The monoisotopic (exact) mass is 296 g/mol. The number of benzene rings is 1. The van der Waals surface area contributed by atoms with E-state index in [1.54, 1.807) is 0 Å². The van der Waals surface area contributed by atoms with Gasteiger partial charge in [0.25, 0.3) is 0 Å². The van der Waals surface area contributed by atoms with Crippen LogP contribution in [-0.2, 0) is 0 Å². The zero-order chi connectivity index (χ0) is 10.6. The van der Waals surface area contributed by atoms with Crippen molar-refractivity contribution in [3.05, 3.63) is 57.4 Å². The van der Waals surface area contributed by atoms with Gasteiger partial charge in [-0.15, -0.1) is 5.73 Å². The number of halogens is 1. The maximum atomic E-state index is 3.96. The van der Waals surface area contributed by atoms with Gasteiger partial charge in [0.2, 0.25) is 0 Å². The highest BCUT2D eigenvalue weighted by molar-refractivity contribution is 14.1. The average Bonchev–Trinajstić information content (AvgIpc) is 2.13. The fraction of sp³-hybridized carbons (Fsp3) is 0.154. The Hall–Kier alpha value is -0.790. The van der Waals surface area contributed by atoms with Gasteiger partial charge in [0.15, 0.2) is 0 Å². The van der Waals surface area contributed by atoms with Crippen molar-refractivity contribution >= 4 is 28.2 Å². The summed E-state index contributed by atoms with van der Waals surface area (Å²) < 4.78 is 1.23. The van der Waals surface area contributed by atoms with Crippen LogP contribution in [0.1, 0.15) is 19.4 Å². The van der Waals surface area contributed by atoms with E-state index in [1.807, 2.05) is 19.9 Å². The maximum absolute atomic E-state index is 3.96. The molecule has 1 rings (SSSR count). The first-order chi connectivity index (χ1) is 6.65.